The molecule has 0 aliphatic heterocycles. The molecular weight excluding hydrogens is 378 g/mol. The molecule has 0 unspecified atom stereocenters. The van der Waals surface area contributed by atoms with Gasteiger partial charge in [-0.2, -0.15) is 0 Å². The molecule has 0 radical (unpaired) electrons. The van der Waals surface area contributed by atoms with Crippen LogP contribution in [0.25, 0.3) is 5.57 Å². The molecule has 3 rings (SSSR count). The minimum Gasteiger partial charge on any atom is -1.00 e. The van der Waals surface area contributed by atoms with Crippen molar-refractivity contribution < 1.29 is 26.3 Å². The van der Waals surface area contributed by atoms with Crippen molar-refractivity contribution in [1.82, 2.24) is 0 Å². The Labute approximate surface area is 148 Å². The van der Waals surface area contributed by atoms with Crippen molar-refractivity contribution in [3.8, 4) is 0 Å². The van der Waals surface area contributed by atoms with Crippen LogP contribution in [-0.2, 0) is 6.54 Å². The van der Waals surface area contributed by atoms with Gasteiger partial charge in [0.05, 0.1) is 4.88 Å². The first-order chi connectivity index (χ1) is 10.3. The fraction of sp³-hybridized carbons (Fsp3) is 0.0588. The molecule has 0 aromatic carbocycles. The molecule has 3 aromatic heterocycles. The van der Waals surface area contributed by atoms with E-state index in [1.165, 1.54) is 11.3 Å². The summed E-state index contributed by atoms with van der Waals surface area (Å²) >= 11 is 3.14. The first kappa shape index (κ1) is 16.8. The molecule has 22 heavy (non-hydrogen) atoms. The van der Waals surface area contributed by atoms with Crippen LogP contribution in [0.2, 0.25) is 0 Å². The van der Waals surface area contributed by atoms with Gasteiger partial charge in [-0.3, -0.25) is 4.79 Å². The van der Waals surface area contributed by atoms with Crippen LogP contribution in [0.15, 0.2) is 71.7 Å². The molecule has 0 aliphatic carbocycles. The molecule has 0 saturated heterocycles. The molecule has 0 bridgehead atoms. The van der Waals surface area contributed by atoms with E-state index < -0.39 is 0 Å². The molecule has 5 heteroatoms. The Hall–Kier alpha value is -1.56. The average Bonchev–Trinajstić information content (AvgIpc) is 3.21. The second kappa shape index (κ2) is 8.17. The number of hydrogen-bond donors (Lipinski definition) is 0. The van der Waals surface area contributed by atoms with Crippen LogP contribution in [0.1, 0.15) is 14.5 Å². The summed E-state index contributed by atoms with van der Waals surface area (Å²) in [7, 11) is 0. The van der Waals surface area contributed by atoms with Gasteiger partial charge in [0.1, 0.15) is 0 Å². The van der Waals surface area contributed by atoms with Gasteiger partial charge in [-0.25, -0.2) is 4.57 Å². The zero-order valence-electron chi connectivity index (χ0n) is 11.7. The molecule has 0 atom stereocenters. The fourth-order valence-corrected chi connectivity index (χ4v) is 3.41. The molecule has 112 valence electrons. The maximum atomic E-state index is 12.3. The quantitative estimate of drug-likeness (QED) is 0.362. The third-order valence-corrected chi connectivity index (χ3v) is 4.87. The largest absolute Gasteiger partial charge is 1.00 e. The van der Waals surface area contributed by atoms with E-state index in [9.17, 15) is 4.79 Å². The fourth-order valence-electron chi connectivity index (χ4n) is 2.04. The Morgan fingerprint density at radius 2 is 1.59 bits per heavy atom. The molecule has 0 spiro atoms. The highest BCUT2D eigenvalue weighted by Crippen LogP contribution is 2.22. The number of ketones is 1. The maximum absolute atomic E-state index is 12.3. The lowest BCUT2D eigenvalue weighted by Gasteiger charge is -2.01. The first-order valence-corrected chi connectivity index (χ1v) is 8.35. The number of aromatic nitrogens is 1. The standard InChI is InChI=1S/C17H14NOS2.BrH/c19-15(17-7-5-11-21-17)12-14(16-6-4-10-20-16)13-18-8-2-1-3-9-18;/h1-12H,13H2;1H/q+1;/p-1/b14-12+;. The second-order valence-corrected chi connectivity index (χ2v) is 6.43. The number of carbonyl (C=O) groups excluding carboxylic acids is 1. The number of nitrogens with zero attached hydrogens (tertiary/aromatic N) is 1. The second-order valence-electron chi connectivity index (χ2n) is 4.54. The number of carbonyl (C=O) groups is 1. The third-order valence-electron chi connectivity index (χ3n) is 3.04. The summed E-state index contributed by atoms with van der Waals surface area (Å²) < 4.78 is 2.08. The minimum atomic E-state index is 0. The molecule has 0 fully saturated rings. The van der Waals surface area contributed by atoms with Crippen LogP contribution in [0.4, 0.5) is 0 Å². The van der Waals surface area contributed by atoms with Crippen LogP contribution in [-0.4, -0.2) is 5.78 Å². The zero-order valence-corrected chi connectivity index (χ0v) is 14.9. The van der Waals surface area contributed by atoms with Gasteiger partial charge in [0.15, 0.2) is 24.7 Å². The van der Waals surface area contributed by atoms with Crippen molar-refractivity contribution in [1.29, 1.82) is 0 Å². The predicted octanol–water partition coefficient (Wildman–Crippen LogP) is 1.07. The molecule has 3 heterocycles. The van der Waals surface area contributed by atoms with E-state index in [1.54, 1.807) is 17.4 Å². The highest BCUT2D eigenvalue weighted by Gasteiger charge is 2.12. The Morgan fingerprint density at radius 3 is 2.18 bits per heavy atom. The van der Waals surface area contributed by atoms with E-state index in [1.807, 2.05) is 59.6 Å². The van der Waals surface area contributed by atoms with Gasteiger partial charge in [0.2, 0.25) is 0 Å². The molecular formula is C17H14BrNOS2. The number of hydrogen-bond acceptors (Lipinski definition) is 3. The Kier molecular flexibility index (Phi) is 6.24. The Balaban J connectivity index is 0.00000176. The summed E-state index contributed by atoms with van der Waals surface area (Å²) in [5.74, 6) is 0.0740. The molecule has 3 aromatic rings. The van der Waals surface area contributed by atoms with Crippen LogP contribution in [0.5, 0.6) is 0 Å². The van der Waals surface area contributed by atoms with Crippen molar-refractivity contribution in [2.75, 3.05) is 0 Å². The van der Waals surface area contributed by atoms with E-state index >= 15 is 0 Å². The lowest BCUT2D eigenvalue weighted by molar-refractivity contribution is -0.684. The number of rotatable bonds is 5. The predicted molar refractivity (Wildman–Crippen MR) is 87.6 cm³/mol. The first-order valence-electron chi connectivity index (χ1n) is 6.59. The van der Waals surface area contributed by atoms with E-state index in [4.69, 9.17) is 0 Å². The molecule has 0 saturated carbocycles. The van der Waals surface area contributed by atoms with Crippen molar-refractivity contribution in [2.45, 2.75) is 6.54 Å². The zero-order chi connectivity index (χ0) is 14.5. The van der Waals surface area contributed by atoms with Crippen molar-refractivity contribution in [2.24, 2.45) is 0 Å². The highest BCUT2D eigenvalue weighted by molar-refractivity contribution is 7.12. The smallest absolute Gasteiger partial charge is 0.196 e. The molecule has 0 amide bonds. The maximum Gasteiger partial charge on any atom is 0.196 e. The minimum absolute atomic E-state index is 0. The number of thiophene rings is 2. The number of pyridine rings is 1. The lowest BCUT2D eigenvalue weighted by Crippen LogP contribution is -3.00. The molecule has 0 aliphatic rings. The van der Waals surface area contributed by atoms with Crippen molar-refractivity contribution in [3.63, 3.8) is 0 Å². The Bertz CT molecular complexity index is 734. The van der Waals surface area contributed by atoms with E-state index in [-0.39, 0.29) is 22.8 Å². The third kappa shape index (κ3) is 4.22. The normalized spacial score (nSPS) is 11.0. The monoisotopic (exact) mass is 391 g/mol. The summed E-state index contributed by atoms with van der Waals surface area (Å²) in [6.45, 7) is 0.693. The molecule has 0 N–H and O–H groups in total. The average molecular weight is 392 g/mol. The topological polar surface area (TPSA) is 20.9 Å². The van der Waals surface area contributed by atoms with Crippen LogP contribution >= 0.6 is 22.7 Å². The Morgan fingerprint density at radius 1 is 0.955 bits per heavy atom. The lowest BCUT2D eigenvalue weighted by atomic mass is 10.1. The van der Waals surface area contributed by atoms with Crippen LogP contribution < -0.4 is 21.5 Å². The van der Waals surface area contributed by atoms with E-state index in [0.29, 0.717) is 6.54 Å². The van der Waals surface area contributed by atoms with Gasteiger partial charge < -0.3 is 17.0 Å². The van der Waals surface area contributed by atoms with Gasteiger partial charge >= 0.3 is 0 Å². The van der Waals surface area contributed by atoms with Crippen molar-refractivity contribution in [3.05, 3.63) is 81.4 Å². The van der Waals surface area contributed by atoms with Gasteiger partial charge in [-0.1, -0.05) is 18.2 Å². The summed E-state index contributed by atoms with van der Waals surface area (Å²) in [4.78, 5) is 14.2. The van der Waals surface area contributed by atoms with Crippen LogP contribution in [0, 0.1) is 0 Å². The van der Waals surface area contributed by atoms with E-state index in [2.05, 4.69) is 10.6 Å². The highest BCUT2D eigenvalue weighted by atomic mass is 79.9. The molecule has 2 nitrogen and oxygen atoms in total. The summed E-state index contributed by atoms with van der Waals surface area (Å²) in [5, 5.41) is 3.96. The summed E-state index contributed by atoms with van der Waals surface area (Å²) in [6, 6.07) is 13.8. The van der Waals surface area contributed by atoms with Gasteiger partial charge in [0.25, 0.3) is 0 Å². The summed E-state index contributed by atoms with van der Waals surface area (Å²) in [5.41, 5.74) is 1.04. The SMILES string of the molecule is O=C(/C=C(\C[n+]1ccccc1)c1cccs1)c1cccs1.[Br-]. The van der Waals surface area contributed by atoms with Crippen molar-refractivity contribution >= 4 is 34.0 Å². The van der Waals surface area contributed by atoms with Gasteiger partial charge in [-0.05, 0) is 29.0 Å². The van der Waals surface area contributed by atoms with Gasteiger partial charge in [-0.15, -0.1) is 22.7 Å². The van der Waals surface area contributed by atoms with E-state index in [0.717, 1.165) is 15.3 Å². The summed E-state index contributed by atoms with van der Waals surface area (Å²) in [6.07, 6.45) is 5.78. The van der Waals surface area contributed by atoms with Crippen LogP contribution in [0.3, 0.4) is 0 Å². The number of allylic oxidation sites excluding steroid dienone is 2. The number of halogens is 1. The van der Waals surface area contributed by atoms with Gasteiger partial charge in [0, 0.05) is 22.6 Å².